The summed E-state index contributed by atoms with van der Waals surface area (Å²) in [6.07, 6.45) is 2.06. The van der Waals surface area contributed by atoms with Crippen molar-refractivity contribution in [3.8, 4) is 22.6 Å². The van der Waals surface area contributed by atoms with Gasteiger partial charge >= 0.3 is 11.9 Å². The van der Waals surface area contributed by atoms with Gasteiger partial charge in [-0.2, -0.15) is 0 Å². The van der Waals surface area contributed by atoms with Crippen molar-refractivity contribution >= 4 is 11.9 Å². The summed E-state index contributed by atoms with van der Waals surface area (Å²) in [6, 6.07) is 16.6. The molecule has 1 aliphatic rings. The monoisotopic (exact) mass is 448 g/mol. The lowest BCUT2D eigenvalue weighted by atomic mass is 9.90. The van der Waals surface area contributed by atoms with Gasteiger partial charge in [0.2, 0.25) is 0 Å². The van der Waals surface area contributed by atoms with Gasteiger partial charge < -0.3 is 14.6 Å². The minimum atomic E-state index is -0.844. The topological polar surface area (TPSA) is 72.8 Å². The molecule has 1 unspecified atom stereocenters. The van der Waals surface area contributed by atoms with Gasteiger partial charge in [0, 0.05) is 5.56 Å². The molecule has 1 fully saturated rings. The van der Waals surface area contributed by atoms with Crippen LogP contribution >= 0.6 is 0 Å². The highest BCUT2D eigenvalue weighted by molar-refractivity contribution is 5.91. The van der Waals surface area contributed by atoms with Crippen LogP contribution in [0.3, 0.4) is 0 Å². The van der Waals surface area contributed by atoms with Crippen molar-refractivity contribution in [2.75, 3.05) is 7.11 Å². The summed E-state index contributed by atoms with van der Waals surface area (Å²) in [4.78, 5) is 24.1. The summed E-state index contributed by atoms with van der Waals surface area (Å²) in [6.45, 7) is 1.79. The third-order valence-electron chi connectivity index (χ3n) is 6.00. The smallest absolute Gasteiger partial charge is 0.343 e. The van der Waals surface area contributed by atoms with Crippen LogP contribution in [-0.4, -0.2) is 24.2 Å². The summed E-state index contributed by atoms with van der Waals surface area (Å²) >= 11 is 0. The molecule has 0 aliphatic heterocycles. The van der Waals surface area contributed by atoms with E-state index < -0.39 is 11.9 Å². The fraction of sp³-hybridized carbons (Fsp3) is 0.259. The quantitative estimate of drug-likeness (QED) is 0.338. The first-order valence-corrected chi connectivity index (χ1v) is 10.8. The summed E-state index contributed by atoms with van der Waals surface area (Å²) in [5.74, 6) is -0.571. The molecule has 0 bridgehead atoms. The average molecular weight is 448 g/mol. The van der Waals surface area contributed by atoms with Gasteiger partial charge in [-0.15, -0.1) is 0 Å². The number of hydrogen-bond acceptors (Lipinski definition) is 4. The molecule has 0 amide bonds. The van der Waals surface area contributed by atoms with E-state index in [4.69, 9.17) is 9.47 Å². The van der Waals surface area contributed by atoms with Crippen molar-refractivity contribution < 1.29 is 28.6 Å². The van der Waals surface area contributed by atoms with Crippen LogP contribution in [-0.2, 0) is 4.79 Å². The SMILES string of the molecule is COc1ccc(F)c(-c2ccc(OC(=O)c3cccc(C(CC(=O)O)C4CC4)c3)c(C)c2)c1. The number of carbonyl (C=O) groups excluding carboxylic acids is 1. The van der Waals surface area contributed by atoms with Crippen LogP contribution in [0.4, 0.5) is 4.39 Å². The minimum absolute atomic E-state index is 0.0462. The number of carbonyl (C=O) groups is 2. The molecule has 1 atom stereocenters. The number of benzene rings is 3. The van der Waals surface area contributed by atoms with Gasteiger partial charge in [-0.1, -0.05) is 18.2 Å². The molecule has 3 aromatic carbocycles. The molecule has 170 valence electrons. The van der Waals surface area contributed by atoms with E-state index in [1.807, 2.05) is 6.07 Å². The molecular formula is C27H25FO5. The molecule has 33 heavy (non-hydrogen) atoms. The van der Waals surface area contributed by atoms with Gasteiger partial charge in [0.25, 0.3) is 0 Å². The van der Waals surface area contributed by atoms with Crippen molar-refractivity contribution in [3.63, 3.8) is 0 Å². The van der Waals surface area contributed by atoms with E-state index in [1.165, 1.54) is 13.2 Å². The number of carboxylic acid groups (broad SMARTS) is 1. The van der Waals surface area contributed by atoms with Crippen LogP contribution in [0.2, 0.25) is 0 Å². The molecule has 0 heterocycles. The molecule has 0 radical (unpaired) electrons. The molecule has 1 N–H and O–H groups in total. The number of hydrogen-bond donors (Lipinski definition) is 1. The first-order chi connectivity index (χ1) is 15.9. The molecule has 0 saturated heterocycles. The maximum atomic E-state index is 14.3. The highest BCUT2D eigenvalue weighted by Gasteiger charge is 2.34. The van der Waals surface area contributed by atoms with Gasteiger partial charge in [-0.25, -0.2) is 9.18 Å². The Morgan fingerprint density at radius 3 is 2.55 bits per heavy atom. The largest absolute Gasteiger partial charge is 0.497 e. The second kappa shape index (κ2) is 9.45. The lowest BCUT2D eigenvalue weighted by Gasteiger charge is -2.15. The third kappa shape index (κ3) is 5.22. The highest BCUT2D eigenvalue weighted by Crippen LogP contribution is 2.44. The summed E-state index contributed by atoms with van der Waals surface area (Å²) in [5, 5.41) is 9.25. The van der Waals surface area contributed by atoms with E-state index in [9.17, 15) is 19.1 Å². The fourth-order valence-corrected chi connectivity index (χ4v) is 4.08. The zero-order chi connectivity index (χ0) is 23.5. The average Bonchev–Trinajstić information content (AvgIpc) is 3.64. The number of ether oxygens (including phenoxy) is 2. The molecule has 0 aromatic heterocycles. The first kappa shape index (κ1) is 22.5. The van der Waals surface area contributed by atoms with Gasteiger partial charge in [-0.3, -0.25) is 4.79 Å². The Hall–Kier alpha value is -3.67. The van der Waals surface area contributed by atoms with Crippen LogP contribution < -0.4 is 9.47 Å². The maximum Gasteiger partial charge on any atom is 0.343 e. The molecule has 3 aromatic rings. The second-order valence-corrected chi connectivity index (χ2v) is 8.38. The van der Waals surface area contributed by atoms with Crippen LogP contribution in [0.1, 0.15) is 46.7 Å². The third-order valence-corrected chi connectivity index (χ3v) is 6.00. The number of methoxy groups -OCH3 is 1. The summed E-state index contributed by atoms with van der Waals surface area (Å²) in [7, 11) is 1.52. The van der Waals surface area contributed by atoms with Crippen molar-refractivity contribution in [1.82, 2.24) is 0 Å². The Balaban J connectivity index is 1.54. The predicted octanol–water partition coefficient (Wildman–Crippen LogP) is 6.00. The zero-order valence-corrected chi connectivity index (χ0v) is 18.5. The van der Waals surface area contributed by atoms with Crippen molar-refractivity contribution in [2.45, 2.75) is 32.1 Å². The van der Waals surface area contributed by atoms with E-state index in [-0.39, 0.29) is 18.2 Å². The molecule has 1 saturated carbocycles. The number of esters is 1. The minimum Gasteiger partial charge on any atom is -0.497 e. The molecular weight excluding hydrogens is 423 g/mol. The predicted molar refractivity (Wildman–Crippen MR) is 122 cm³/mol. The summed E-state index contributed by atoms with van der Waals surface area (Å²) < 4.78 is 25.1. The van der Waals surface area contributed by atoms with E-state index >= 15 is 0 Å². The molecule has 4 rings (SSSR count). The zero-order valence-electron chi connectivity index (χ0n) is 18.5. The number of carboxylic acids is 1. The number of aliphatic carboxylic acids is 1. The number of halogens is 1. The molecule has 1 aliphatic carbocycles. The van der Waals surface area contributed by atoms with E-state index in [1.54, 1.807) is 55.5 Å². The van der Waals surface area contributed by atoms with Crippen molar-refractivity contribution in [3.05, 3.63) is 83.2 Å². The lowest BCUT2D eigenvalue weighted by molar-refractivity contribution is -0.137. The lowest BCUT2D eigenvalue weighted by Crippen LogP contribution is -2.12. The van der Waals surface area contributed by atoms with Gasteiger partial charge in [-0.05, 0) is 90.8 Å². The standard InChI is InChI=1S/C27H25FO5/c1-16-12-19(23-14-21(32-2)9-10-24(23)28)8-11-25(16)33-27(31)20-5-3-4-18(13-20)22(15-26(29)30)17-6-7-17/h3-5,8-14,17,22H,6-7,15H2,1-2H3,(H,29,30). The van der Waals surface area contributed by atoms with Crippen LogP contribution in [0, 0.1) is 18.7 Å². The first-order valence-electron chi connectivity index (χ1n) is 10.8. The molecule has 5 nitrogen and oxygen atoms in total. The Morgan fingerprint density at radius 1 is 1.09 bits per heavy atom. The van der Waals surface area contributed by atoms with Crippen LogP contribution in [0.15, 0.2) is 60.7 Å². The maximum absolute atomic E-state index is 14.3. The number of rotatable bonds is 8. The van der Waals surface area contributed by atoms with Gasteiger partial charge in [0.05, 0.1) is 19.1 Å². The fourth-order valence-electron chi connectivity index (χ4n) is 4.08. The van der Waals surface area contributed by atoms with Crippen LogP contribution in [0.25, 0.3) is 11.1 Å². The van der Waals surface area contributed by atoms with E-state index in [0.717, 1.165) is 18.4 Å². The van der Waals surface area contributed by atoms with Gasteiger partial charge in [0.15, 0.2) is 0 Å². The highest BCUT2D eigenvalue weighted by atomic mass is 19.1. The Kier molecular flexibility index (Phi) is 6.45. The second-order valence-electron chi connectivity index (χ2n) is 8.38. The Morgan fingerprint density at radius 2 is 1.88 bits per heavy atom. The Labute approximate surface area is 191 Å². The molecule has 6 heteroatoms. The molecule has 0 spiro atoms. The normalized spacial score (nSPS) is 13.9. The van der Waals surface area contributed by atoms with E-state index in [2.05, 4.69) is 0 Å². The number of aryl methyl sites for hydroxylation is 1. The summed E-state index contributed by atoms with van der Waals surface area (Å²) in [5.41, 5.74) is 2.93. The van der Waals surface area contributed by atoms with E-state index in [0.29, 0.717) is 39.7 Å². The van der Waals surface area contributed by atoms with Crippen LogP contribution in [0.5, 0.6) is 11.5 Å². The van der Waals surface area contributed by atoms with Gasteiger partial charge in [0.1, 0.15) is 17.3 Å². The Bertz CT molecular complexity index is 1200. The van der Waals surface area contributed by atoms with Crippen molar-refractivity contribution in [1.29, 1.82) is 0 Å². The van der Waals surface area contributed by atoms with Crippen molar-refractivity contribution in [2.24, 2.45) is 5.92 Å².